The monoisotopic (exact) mass is 330 g/mol. The van der Waals surface area contributed by atoms with Crippen LogP contribution in [0, 0.1) is 24.0 Å². The van der Waals surface area contributed by atoms with Crippen LogP contribution in [0.2, 0.25) is 0 Å². The third-order valence-corrected chi connectivity index (χ3v) is 4.98. The molecule has 0 aromatic heterocycles. The van der Waals surface area contributed by atoms with Crippen LogP contribution in [0.3, 0.4) is 0 Å². The summed E-state index contributed by atoms with van der Waals surface area (Å²) in [7, 11) is -4.21. The maximum Gasteiger partial charge on any atom is 0.423 e. The molecule has 22 heavy (non-hydrogen) atoms. The highest BCUT2D eigenvalue weighted by Crippen LogP contribution is 2.27. The Morgan fingerprint density at radius 1 is 1.32 bits per heavy atom. The zero-order chi connectivity index (χ0) is 17.1. The first-order valence-electron chi connectivity index (χ1n) is 6.61. The summed E-state index contributed by atoms with van der Waals surface area (Å²) in [5, 5.41) is 11.0. The summed E-state index contributed by atoms with van der Waals surface area (Å²) in [5.74, 6) is 0. The Bertz CT molecular complexity index is 699. The van der Waals surface area contributed by atoms with Crippen molar-refractivity contribution in [3.05, 3.63) is 33.4 Å². The molecule has 0 N–H and O–H groups in total. The number of nitro groups is 1. The van der Waals surface area contributed by atoms with Gasteiger partial charge in [-0.25, -0.2) is 17.5 Å². The molecule has 0 unspecified atom stereocenters. The number of sulfonamides is 1. The molecule has 9 heteroatoms. The third kappa shape index (κ3) is 3.35. The molecule has 0 saturated carbocycles. The molecule has 0 fully saturated rings. The van der Waals surface area contributed by atoms with Gasteiger partial charge in [-0.15, -0.1) is 0 Å². The van der Waals surface area contributed by atoms with E-state index in [1.165, 1.54) is 19.9 Å². The van der Waals surface area contributed by atoms with Crippen LogP contribution < -0.4 is 0 Å². The van der Waals surface area contributed by atoms with E-state index in [0.717, 1.165) is 6.07 Å². The fourth-order valence-electron chi connectivity index (χ4n) is 1.87. The zero-order valence-corrected chi connectivity index (χ0v) is 13.6. The van der Waals surface area contributed by atoms with Crippen LogP contribution in [0.1, 0.15) is 25.0 Å². The van der Waals surface area contributed by atoms with Gasteiger partial charge >= 0.3 is 6.09 Å². The molecule has 0 aliphatic carbocycles. The van der Waals surface area contributed by atoms with Gasteiger partial charge < -0.3 is 4.74 Å². The van der Waals surface area contributed by atoms with Gasteiger partial charge in [-0.3, -0.25) is 10.1 Å². The molecule has 8 nitrogen and oxygen atoms in total. The number of amides is 1. The summed E-state index contributed by atoms with van der Waals surface area (Å²) in [6, 6.07) is 2.26. The van der Waals surface area contributed by atoms with Crippen molar-refractivity contribution in [2.45, 2.75) is 32.6 Å². The second-order valence-electron chi connectivity index (χ2n) is 4.51. The first kappa shape index (κ1) is 17.9. The lowest BCUT2D eigenvalue weighted by molar-refractivity contribution is -0.385. The number of carbonyl (C=O) groups excluding carboxylic acids is 1. The van der Waals surface area contributed by atoms with Crippen LogP contribution in [0.25, 0.3) is 0 Å². The van der Waals surface area contributed by atoms with Crippen LogP contribution in [-0.4, -0.2) is 36.9 Å². The molecule has 0 saturated heterocycles. The molecule has 0 atom stereocenters. The van der Waals surface area contributed by atoms with Gasteiger partial charge in [-0.1, -0.05) is 0 Å². The minimum absolute atomic E-state index is 0.0257. The summed E-state index contributed by atoms with van der Waals surface area (Å²) in [4.78, 5) is 21.8. The molecular weight excluding hydrogens is 312 g/mol. The largest absolute Gasteiger partial charge is 0.449 e. The zero-order valence-electron chi connectivity index (χ0n) is 12.8. The molecular formula is C13H18N2O6S. The number of ether oxygens (including phenoxy) is 1. The highest BCUT2D eigenvalue weighted by atomic mass is 32.2. The van der Waals surface area contributed by atoms with Gasteiger partial charge in [0.25, 0.3) is 15.7 Å². The molecule has 1 aromatic rings. The molecule has 0 radical (unpaired) electrons. The van der Waals surface area contributed by atoms with E-state index in [9.17, 15) is 23.3 Å². The van der Waals surface area contributed by atoms with E-state index in [1.54, 1.807) is 13.8 Å². The van der Waals surface area contributed by atoms with E-state index in [2.05, 4.69) is 0 Å². The number of carbonyl (C=O) groups is 1. The first-order valence-corrected chi connectivity index (χ1v) is 8.05. The van der Waals surface area contributed by atoms with Crippen LogP contribution in [0.5, 0.6) is 0 Å². The number of hydrogen-bond acceptors (Lipinski definition) is 6. The predicted molar refractivity (Wildman–Crippen MR) is 79.2 cm³/mol. The molecule has 1 amide bonds. The molecule has 122 valence electrons. The van der Waals surface area contributed by atoms with Gasteiger partial charge in [0.2, 0.25) is 0 Å². The van der Waals surface area contributed by atoms with Crippen LogP contribution in [0.15, 0.2) is 17.0 Å². The highest BCUT2D eigenvalue weighted by molar-refractivity contribution is 7.89. The van der Waals surface area contributed by atoms with Crippen molar-refractivity contribution in [3.8, 4) is 0 Å². The SMILES string of the molecule is CCOC(=O)N(CC)S(=O)(=O)c1cc(C)c(C)c([N+](=O)[O-])c1. The lowest BCUT2D eigenvalue weighted by Gasteiger charge is -2.20. The van der Waals surface area contributed by atoms with E-state index in [-0.39, 0.29) is 23.7 Å². The van der Waals surface area contributed by atoms with Gasteiger partial charge in [0, 0.05) is 18.2 Å². The van der Waals surface area contributed by atoms with E-state index < -0.39 is 21.0 Å². The normalized spacial score (nSPS) is 11.1. The van der Waals surface area contributed by atoms with Crippen molar-refractivity contribution in [2.75, 3.05) is 13.2 Å². The number of benzene rings is 1. The smallest absolute Gasteiger partial charge is 0.423 e. The van der Waals surface area contributed by atoms with Crippen molar-refractivity contribution in [1.29, 1.82) is 0 Å². The maximum absolute atomic E-state index is 12.5. The van der Waals surface area contributed by atoms with Gasteiger partial charge in [-0.2, -0.15) is 0 Å². The molecule has 0 aliphatic heterocycles. The minimum atomic E-state index is -4.21. The second kappa shape index (κ2) is 6.73. The fraction of sp³-hybridized carbons (Fsp3) is 0.462. The van der Waals surface area contributed by atoms with Crippen molar-refractivity contribution < 1.29 is 22.9 Å². The van der Waals surface area contributed by atoms with Crippen LogP contribution in [-0.2, 0) is 14.8 Å². The Balaban J connectivity index is 3.45. The Hall–Kier alpha value is -2.16. The number of aryl methyl sites for hydroxylation is 1. The average molecular weight is 330 g/mol. The Morgan fingerprint density at radius 3 is 2.36 bits per heavy atom. The fourth-order valence-corrected chi connectivity index (χ4v) is 3.30. The summed E-state index contributed by atoms with van der Waals surface area (Å²) in [5.41, 5.74) is 0.523. The summed E-state index contributed by atoms with van der Waals surface area (Å²) < 4.78 is 30.3. The lowest BCUT2D eigenvalue weighted by atomic mass is 10.1. The van der Waals surface area contributed by atoms with Crippen molar-refractivity contribution >= 4 is 21.8 Å². The van der Waals surface area contributed by atoms with Gasteiger partial charge in [0.15, 0.2) is 0 Å². The molecule has 0 aliphatic rings. The lowest BCUT2D eigenvalue weighted by Crippen LogP contribution is -2.37. The van der Waals surface area contributed by atoms with E-state index in [1.807, 2.05) is 0 Å². The molecule has 1 rings (SSSR count). The summed E-state index contributed by atoms with van der Waals surface area (Å²) >= 11 is 0. The van der Waals surface area contributed by atoms with Crippen LogP contribution >= 0.6 is 0 Å². The number of nitrogens with zero attached hydrogens (tertiary/aromatic N) is 2. The number of rotatable bonds is 5. The quantitative estimate of drug-likeness (QED) is 0.606. The first-order chi connectivity index (χ1) is 10.2. The number of nitro benzene ring substituents is 1. The minimum Gasteiger partial charge on any atom is -0.449 e. The predicted octanol–water partition coefficient (Wildman–Crippen LogP) is 2.38. The van der Waals surface area contributed by atoms with E-state index in [0.29, 0.717) is 15.4 Å². The van der Waals surface area contributed by atoms with E-state index >= 15 is 0 Å². The average Bonchev–Trinajstić information content (AvgIpc) is 2.41. The van der Waals surface area contributed by atoms with Crippen LogP contribution in [0.4, 0.5) is 10.5 Å². The summed E-state index contributed by atoms with van der Waals surface area (Å²) in [6.07, 6.45) is -1.01. The Labute approximate surface area is 128 Å². The highest BCUT2D eigenvalue weighted by Gasteiger charge is 2.31. The molecule has 1 aromatic carbocycles. The Kier molecular flexibility index (Phi) is 5.48. The van der Waals surface area contributed by atoms with Crippen molar-refractivity contribution in [3.63, 3.8) is 0 Å². The van der Waals surface area contributed by atoms with Crippen molar-refractivity contribution in [1.82, 2.24) is 4.31 Å². The molecule has 0 bridgehead atoms. The van der Waals surface area contributed by atoms with E-state index in [4.69, 9.17) is 4.74 Å². The standard InChI is InChI=1S/C13H18N2O6S/c1-5-14(13(16)21-6-2)22(19,20)11-7-9(3)10(4)12(8-11)15(17)18/h7-8H,5-6H2,1-4H3. The van der Waals surface area contributed by atoms with Gasteiger partial charge in [-0.05, 0) is 39.3 Å². The third-order valence-electron chi connectivity index (χ3n) is 3.16. The second-order valence-corrected chi connectivity index (χ2v) is 6.37. The topological polar surface area (TPSA) is 107 Å². The maximum atomic E-state index is 12.5. The summed E-state index contributed by atoms with van der Waals surface area (Å²) in [6.45, 7) is 6.03. The molecule has 0 spiro atoms. The van der Waals surface area contributed by atoms with Crippen molar-refractivity contribution in [2.24, 2.45) is 0 Å². The molecule has 0 heterocycles. The number of hydrogen-bond donors (Lipinski definition) is 0. The van der Waals surface area contributed by atoms with Gasteiger partial charge in [0.1, 0.15) is 0 Å². The van der Waals surface area contributed by atoms with Gasteiger partial charge in [0.05, 0.1) is 16.4 Å². The Morgan fingerprint density at radius 2 is 1.91 bits per heavy atom.